The Morgan fingerprint density at radius 3 is 3.11 bits per heavy atom. The van der Waals surface area contributed by atoms with Crippen molar-refractivity contribution in [3.05, 3.63) is 41.9 Å². The molecule has 2 aromatic rings. The molecule has 144 valence electrons. The number of fused-ring (bicyclic) bond motifs is 1. The van der Waals surface area contributed by atoms with E-state index in [9.17, 15) is 4.79 Å². The third-order valence-electron chi connectivity index (χ3n) is 5.15. The fraction of sp³-hybridized carbons (Fsp3) is 0.526. The number of hydrogen-bond donors (Lipinski definition) is 0. The van der Waals surface area contributed by atoms with Crippen molar-refractivity contribution in [1.82, 2.24) is 15.0 Å². The molecule has 0 aromatic carbocycles. The van der Waals surface area contributed by atoms with E-state index in [-0.39, 0.29) is 23.8 Å². The van der Waals surface area contributed by atoms with Crippen LogP contribution in [0.3, 0.4) is 0 Å². The average Bonchev–Trinajstić information content (AvgIpc) is 3.34. The molecule has 1 amide bonds. The molecule has 27 heavy (non-hydrogen) atoms. The van der Waals surface area contributed by atoms with Crippen LogP contribution in [0, 0.1) is 5.92 Å². The number of rotatable bonds is 6. The summed E-state index contributed by atoms with van der Waals surface area (Å²) in [7, 11) is 1.49. The van der Waals surface area contributed by atoms with Gasteiger partial charge in [-0.1, -0.05) is 6.07 Å². The van der Waals surface area contributed by atoms with E-state index in [1.54, 1.807) is 6.20 Å². The summed E-state index contributed by atoms with van der Waals surface area (Å²) in [5, 5.41) is 3.72. The van der Waals surface area contributed by atoms with Gasteiger partial charge < -0.3 is 23.6 Å². The van der Waals surface area contributed by atoms with Crippen LogP contribution in [0.2, 0.25) is 0 Å². The van der Waals surface area contributed by atoms with E-state index < -0.39 is 0 Å². The SMILES string of the molecule is COc1cc(C(=O)N2CCOC3CC(COCc4cccnc4)CC32)on1. The molecule has 0 spiro atoms. The number of morpholine rings is 1. The van der Waals surface area contributed by atoms with Crippen molar-refractivity contribution in [2.24, 2.45) is 5.92 Å². The second kappa shape index (κ2) is 8.06. The van der Waals surface area contributed by atoms with Gasteiger partial charge in [-0.15, -0.1) is 0 Å². The van der Waals surface area contributed by atoms with Gasteiger partial charge in [0.05, 0.1) is 45.1 Å². The molecule has 0 radical (unpaired) electrons. The van der Waals surface area contributed by atoms with Gasteiger partial charge in [-0.25, -0.2) is 0 Å². The van der Waals surface area contributed by atoms with Gasteiger partial charge in [-0.05, 0) is 35.5 Å². The minimum atomic E-state index is -0.166. The van der Waals surface area contributed by atoms with Crippen LogP contribution in [0.5, 0.6) is 5.88 Å². The summed E-state index contributed by atoms with van der Waals surface area (Å²) in [6, 6.07) is 5.46. The highest BCUT2D eigenvalue weighted by atomic mass is 16.5. The third kappa shape index (κ3) is 3.96. The lowest BCUT2D eigenvalue weighted by atomic mass is 10.1. The van der Waals surface area contributed by atoms with Gasteiger partial charge in [-0.3, -0.25) is 9.78 Å². The molecule has 2 aromatic heterocycles. The predicted molar refractivity (Wildman–Crippen MR) is 94.2 cm³/mol. The number of carbonyl (C=O) groups is 1. The van der Waals surface area contributed by atoms with Gasteiger partial charge in [0.15, 0.2) is 0 Å². The zero-order valence-electron chi connectivity index (χ0n) is 15.2. The first-order valence-corrected chi connectivity index (χ1v) is 9.14. The molecule has 1 saturated heterocycles. The van der Waals surface area contributed by atoms with Crippen molar-refractivity contribution in [1.29, 1.82) is 0 Å². The Hall–Kier alpha value is -2.45. The monoisotopic (exact) mass is 373 g/mol. The van der Waals surface area contributed by atoms with Gasteiger partial charge in [0.1, 0.15) is 0 Å². The molecule has 1 aliphatic heterocycles. The van der Waals surface area contributed by atoms with Crippen molar-refractivity contribution in [3.63, 3.8) is 0 Å². The summed E-state index contributed by atoms with van der Waals surface area (Å²) in [5.74, 6) is 0.690. The highest BCUT2D eigenvalue weighted by molar-refractivity contribution is 5.92. The second-order valence-electron chi connectivity index (χ2n) is 6.92. The number of ether oxygens (including phenoxy) is 3. The minimum Gasteiger partial charge on any atom is -0.479 e. The molecule has 0 bridgehead atoms. The predicted octanol–water partition coefficient (Wildman–Crippen LogP) is 1.91. The van der Waals surface area contributed by atoms with Gasteiger partial charge in [-0.2, -0.15) is 0 Å². The topological polar surface area (TPSA) is 86.9 Å². The first-order chi connectivity index (χ1) is 13.2. The van der Waals surface area contributed by atoms with E-state index in [0.29, 0.717) is 38.2 Å². The van der Waals surface area contributed by atoms with Crippen molar-refractivity contribution in [2.45, 2.75) is 31.6 Å². The number of carbonyl (C=O) groups excluding carboxylic acids is 1. The lowest BCUT2D eigenvalue weighted by Crippen LogP contribution is -2.51. The van der Waals surface area contributed by atoms with Gasteiger partial charge in [0.2, 0.25) is 5.76 Å². The highest BCUT2D eigenvalue weighted by Crippen LogP contribution is 2.35. The maximum atomic E-state index is 12.8. The fourth-order valence-electron chi connectivity index (χ4n) is 3.86. The van der Waals surface area contributed by atoms with E-state index in [1.807, 2.05) is 23.2 Å². The zero-order valence-corrected chi connectivity index (χ0v) is 15.2. The first-order valence-electron chi connectivity index (χ1n) is 9.14. The Bertz CT molecular complexity index is 766. The average molecular weight is 373 g/mol. The molecular formula is C19H23N3O5. The standard InChI is InChI=1S/C19H23N3O5/c1-24-18-9-17(27-21-18)19(23)22-5-6-26-16-8-14(7-15(16)22)12-25-11-13-3-2-4-20-10-13/h2-4,9-10,14-16H,5-8,11-12H2,1H3. The number of hydrogen-bond acceptors (Lipinski definition) is 7. The van der Waals surface area contributed by atoms with Crippen LogP contribution in [0.15, 0.2) is 35.1 Å². The zero-order chi connectivity index (χ0) is 18.6. The first kappa shape index (κ1) is 17.9. The van der Waals surface area contributed by atoms with Gasteiger partial charge >= 0.3 is 0 Å². The van der Waals surface area contributed by atoms with Crippen molar-refractivity contribution >= 4 is 5.91 Å². The largest absolute Gasteiger partial charge is 0.479 e. The number of pyridine rings is 1. The van der Waals surface area contributed by atoms with E-state index in [0.717, 1.165) is 18.4 Å². The van der Waals surface area contributed by atoms with E-state index in [4.69, 9.17) is 18.7 Å². The number of methoxy groups -OCH3 is 1. The van der Waals surface area contributed by atoms with Crippen LogP contribution in [-0.4, -0.2) is 60.0 Å². The molecule has 4 rings (SSSR count). The van der Waals surface area contributed by atoms with E-state index in [1.165, 1.54) is 13.2 Å². The van der Waals surface area contributed by atoms with Crippen molar-refractivity contribution in [2.75, 3.05) is 26.9 Å². The summed E-state index contributed by atoms with van der Waals surface area (Å²) >= 11 is 0. The maximum Gasteiger partial charge on any atom is 0.293 e. The van der Waals surface area contributed by atoms with E-state index >= 15 is 0 Å². The maximum absolute atomic E-state index is 12.8. The van der Waals surface area contributed by atoms with Crippen LogP contribution in [-0.2, 0) is 16.1 Å². The molecule has 8 heteroatoms. The highest BCUT2D eigenvalue weighted by Gasteiger charge is 2.43. The normalized spacial score (nSPS) is 24.6. The molecule has 2 aliphatic rings. The summed E-state index contributed by atoms with van der Waals surface area (Å²) in [6.07, 6.45) is 5.34. The van der Waals surface area contributed by atoms with Crippen LogP contribution < -0.4 is 4.74 Å². The Labute approximate surface area is 157 Å². The van der Waals surface area contributed by atoms with Crippen LogP contribution in [0.4, 0.5) is 0 Å². The Morgan fingerprint density at radius 1 is 1.41 bits per heavy atom. The summed E-state index contributed by atoms with van der Waals surface area (Å²) in [6.45, 7) is 2.26. The van der Waals surface area contributed by atoms with Crippen LogP contribution in [0.25, 0.3) is 0 Å². The molecule has 1 aliphatic carbocycles. The fourth-order valence-corrected chi connectivity index (χ4v) is 3.86. The molecule has 1 saturated carbocycles. The summed E-state index contributed by atoms with van der Waals surface area (Å²) in [4.78, 5) is 18.8. The molecular weight excluding hydrogens is 350 g/mol. The lowest BCUT2D eigenvalue weighted by molar-refractivity contribution is -0.0461. The lowest BCUT2D eigenvalue weighted by Gasteiger charge is -2.36. The Balaban J connectivity index is 1.34. The molecule has 3 unspecified atom stereocenters. The molecule has 2 fully saturated rings. The molecule has 8 nitrogen and oxygen atoms in total. The minimum absolute atomic E-state index is 0.0364. The summed E-state index contributed by atoms with van der Waals surface area (Å²) < 4.78 is 21.9. The smallest absolute Gasteiger partial charge is 0.293 e. The van der Waals surface area contributed by atoms with Crippen LogP contribution in [0.1, 0.15) is 29.0 Å². The Morgan fingerprint density at radius 2 is 2.33 bits per heavy atom. The van der Waals surface area contributed by atoms with Crippen molar-refractivity contribution < 1.29 is 23.5 Å². The van der Waals surface area contributed by atoms with Crippen LogP contribution >= 0.6 is 0 Å². The number of amides is 1. The molecule has 3 atom stereocenters. The number of nitrogens with zero attached hydrogens (tertiary/aromatic N) is 3. The van der Waals surface area contributed by atoms with Gasteiger partial charge in [0, 0.05) is 18.9 Å². The van der Waals surface area contributed by atoms with Crippen molar-refractivity contribution in [3.8, 4) is 5.88 Å². The van der Waals surface area contributed by atoms with E-state index in [2.05, 4.69) is 10.1 Å². The number of aromatic nitrogens is 2. The molecule has 3 heterocycles. The molecule has 0 N–H and O–H groups in total. The Kier molecular flexibility index (Phi) is 5.35. The van der Waals surface area contributed by atoms with Gasteiger partial charge in [0.25, 0.3) is 11.8 Å². The summed E-state index contributed by atoms with van der Waals surface area (Å²) in [5.41, 5.74) is 1.06. The third-order valence-corrected chi connectivity index (χ3v) is 5.15. The second-order valence-corrected chi connectivity index (χ2v) is 6.92. The quantitative estimate of drug-likeness (QED) is 0.764.